The van der Waals surface area contributed by atoms with Gasteiger partial charge >= 0.3 is 11.9 Å². The summed E-state index contributed by atoms with van der Waals surface area (Å²) < 4.78 is 9.43. The first-order valence-corrected chi connectivity index (χ1v) is 3.51. The second-order valence-electron chi connectivity index (χ2n) is 2.78. The Balaban J connectivity index is 4.32. The fourth-order valence-corrected chi connectivity index (χ4v) is 0.414. The minimum Gasteiger partial charge on any atom is -0.477 e. The van der Waals surface area contributed by atoms with Crippen LogP contribution in [-0.2, 0) is 19.1 Å². The molecule has 0 saturated carbocycles. The van der Waals surface area contributed by atoms with E-state index in [1.807, 2.05) is 0 Å². The monoisotopic (exact) mass is 188 g/mol. The van der Waals surface area contributed by atoms with Crippen molar-refractivity contribution in [1.29, 1.82) is 0 Å². The van der Waals surface area contributed by atoms with Crippen molar-refractivity contribution < 1.29 is 24.2 Å². The second-order valence-corrected chi connectivity index (χ2v) is 2.78. The van der Waals surface area contributed by atoms with Gasteiger partial charge in [0.2, 0.25) is 5.79 Å². The standard InChI is InChI=1S/C8H12O5/c1-5(6(9)10)7(11)13-8(2,3)12-4/h1H2,2-4H3,(H,9,10). The average Bonchev–Trinajstić information content (AvgIpc) is 2.02. The molecule has 0 aliphatic heterocycles. The van der Waals surface area contributed by atoms with Crippen molar-refractivity contribution in [2.75, 3.05) is 7.11 Å². The van der Waals surface area contributed by atoms with E-state index in [9.17, 15) is 9.59 Å². The molecule has 0 saturated heterocycles. The van der Waals surface area contributed by atoms with Crippen LogP contribution in [0.5, 0.6) is 0 Å². The third-order valence-corrected chi connectivity index (χ3v) is 1.33. The van der Waals surface area contributed by atoms with Crippen LogP contribution in [-0.4, -0.2) is 29.9 Å². The first kappa shape index (κ1) is 11.6. The van der Waals surface area contributed by atoms with Gasteiger partial charge in [-0.05, 0) is 0 Å². The quantitative estimate of drug-likeness (QED) is 0.229. The van der Waals surface area contributed by atoms with Gasteiger partial charge in [0.25, 0.3) is 0 Å². The molecule has 0 aromatic heterocycles. The van der Waals surface area contributed by atoms with Gasteiger partial charge in [-0.25, -0.2) is 9.59 Å². The summed E-state index contributed by atoms with van der Waals surface area (Å²) in [6, 6.07) is 0. The van der Waals surface area contributed by atoms with Crippen LogP contribution in [0.4, 0.5) is 0 Å². The number of carboxylic acid groups (broad SMARTS) is 1. The van der Waals surface area contributed by atoms with Crippen LogP contribution >= 0.6 is 0 Å². The van der Waals surface area contributed by atoms with E-state index >= 15 is 0 Å². The SMILES string of the molecule is C=C(C(=O)O)C(=O)OC(C)(C)OC. The zero-order valence-corrected chi connectivity index (χ0v) is 7.79. The normalized spacial score (nSPS) is 10.7. The van der Waals surface area contributed by atoms with Gasteiger partial charge in [0, 0.05) is 21.0 Å². The van der Waals surface area contributed by atoms with Crippen molar-refractivity contribution >= 4 is 11.9 Å². The topological polar surface area (TPSA) is 72.8 Å². The largest absolute Gasteiger partial charge is 0.477 e. The summed E-state index contributed by atoms with van der Waals surface area (Å²) in [5, 5.41) is 8.38. The van der Waals surface area contributed by atoms with E-state index in [0.29, 0.717) is 0 Å². The van der Waals surface area contributed by atoms with E-state index in [-0.39, 0.29) is 0 Å². The maximum atomic E-state index is 11.0. The predicted octanol–water partition coefficient (Wildman–Crippen LogP) is 0.553. The fourth-order valence-electron chi connectivity index (χ4n) is 0.414. The lowest BCUT2D eigenvalue weighted by Crippen LogP contribution is -2.31. The molecule has 0 spiro atoms. The number of aliphatic carboxylic acids is 1. The molecule has 0 aromatic rings. The van der Waals surface area contributed by atoms with Gasteiger partial charge in [-0.15, -0.1) is 0 Å². The molecule has 0 bridgehead atoms. The molecule has 0 atom stereocenters. The highest BCUT2D eigenvalue weighted by Gasteiger charge is 2.25. The van der Waals surface area contributed by atoms with E-state index in [0.717, 1.165) is 0 Å². The van der Waals surface area contributed by atoms with E-state index < -0.39 is 23.3 Å². The molecule has 0 heterocycles. The predicted molar refractivity (Wildman–Crippen MR) is 44.0 cm³/mol. The Bertz CT molecular complexity index is 241. The molecule has 0 radical (unpaired) electrons. The maximum Gasteiger partial charge on any atom is 0.347 e. The zero-order valence-electron chi connectivity index (χ0n) is 7.79. The molecule has 0 unspecified atom stereocenters. The molecule has 5 nitrogen and oxygen atoms in total. The number of methoxy groups -OCH3 is 1. The molecule has 0 fully saturated rings. The lowest BCUT2D eigenvalue weighted by atomic mass is 10.3. The fraction of sp³-hybridized carbons (Fsp3) is 0.500. The lowest BCUT2D eigenvalue weighted by molar-refractivity contribution is -0.201. The van der Waals surface area contributed by atoms with Crippen molar-refractivity contribution in [3.05, 3.63) is 12.2 Å². The number of ether oxygens (including phenoxy) is 2. The van der Waals surface area contributed by atoms with Crippen LogP contribution in [0.15, 0.2) is 12.2 Å². The van der Waals surface area contributed by atoms with E-state index in [1.165, 1.54) is 21.0 Å². The van der Waals surface area contributed by atoms with Crippen molar-refractivity contribution in [2.45, 2.75) is 19.6 Å². The summed E-state index contributed by atoms with van der Waals surface area (Å²) in [4.78, 5) is 21.3. The van der Waals surface area contributed by atoms with Crippen molar-refractivity contribution in [3.63, 3.8) is 0 Å². The van der Waals surface area contributed by atoms with Gasteiger partial charge in [0.1, 0.15) is 5.57 Å². The van der Waals surface area contributed by atoms with Crippen LogP contribution < -0.4 is 0 Å². The third-order valence-electron chi connectivity index (χ3n) is 1.33. The summed E-state index contributed by atoms with van der Waals surface area (Å²) in [7, 11) is 1.34. The summed E-state index contributed by atoms with van der Waals surface area (Å²) in [5.41, 5.74) is -0.620. The molecule has 0 aromatic carbocycles. The third kappa shape index (κ3) is 3.71. The molecule has 5 heteroatoms. The highest BCUT2D eigenvalue weighted by molar-refractivity contribution is 6.12. The van der Waals surface area contributed by atoms with Crippen LogP contribution in [0, 0.1) is 0 Å². The van der Waals surface area contributed by atoms with E-state index in [1.54, 1.807) is 0 Å². The highest BCUT2D eigenvalue weighted by Crippen LogP contribution is 2.11. The van der Waals surface area contributed by atoms with Gasteiger partial charge in [0.15, 0.2) is 0 Å². The number of carbonyl (C=O) groups excluding carboxylic acids is 1. The Morgan fingerprint density at radius 3 is 2.15 bits per heavy atom. The molecule has 0 rings (SSSR count). The smallest absolute Gasteiger partial charge is 0.347 e. The van der Waals surface area contributed by atoms with Crippen LogP contribution in [0.3, 0.4) is 0 Å². The summed E-state index contributed by atoms with van der Waals surface area (Å²) >= 11 is 0. The lowest BCUT2D eigenvalue weighted by Gasteiger charge is -2.22. The second kappa shape index (κ2) is 4.04. The van der Waals surface area contributed by atoms with Crippen molar-refractivity contribution in [3.8, 4) is 0 Å². The van der Waals surface area contributed by atoms with Gasteiger partial charge in [-0.2, -0.15) is 0 Å². The maximum absolute atomic E-state index is 11.0. The highest BCUT2D eigenvalue weighted by atomic mass is 16.7. The van der Waals surface area contributed by atoms with E-state index in [4.69, 9.17) is 9.84 Å². The van der Waals surface area contributed by atoms with Crippen LogP contribution in [0.2, 0.25) is 0 Å². The van der Waals surface area contributed by atoms with Crippen LogP contribution in [0.25, 0.3) is 0 Å². The van der Waals surface area contributed by atoms with Gasteiger partial charge in [-0.3, -0.25) is 0 Å². The molecular formula is C8H12O5. The summed E-state index contributed by atoms with van der Waals surface area (Å²) in [5.74, 6) is -3.55. The molecule has 1 N–H and O–H groups in total. The van der Waals surface area contributed by atoms with Crippen molar-refractivity contribution in [2.24, 2.45) is 0 Å². The number of esters is 1. The average molecular weight is 188 g/mol. The zero-order chi connectivity index (χ0) is 10.6. The molecule has 0 aliphatic rings. The number of carboxylic acids is 1. The molecule has 74 valence electrons. The Kier molecular flexibility index (Phi) is 3.62. The Hall–Kier alpha value is -1.36. The molecule has 0 aliphatic carbocycles. The molecule has 0 amide bonds. The Morgan fingerprint density at radius 2 is 1.85 bits per heavy atom. The first-order valence-electron chi connectivity index (χ1n) is 3.51. The van der Waals surface area contributed by atoms with Gasteiger partial charge in [0.05, 0.1) is 0 Å². The number of hydrogen-bond acceptors (Lipinski definition) is 4. The Morgan fingerprint density at radius 1 is 1.38 bits per heavy atom. The molecular weight excluding hydrogens is 176 g/mol. The Labute approximate surface area is 75.9 Å². The van der Waals surface area contributed by atoms with Gasteiger partial charge < -0.3 is 14.6 Å². The van der Waals surface area contributed by atoms with Crippen LogP contribution in [0.1, 0.15) is 13.8 Å². The molecule has 13 heavy (non-hydrogen) atoms. The van der Waals surface area contributed by atoms with Crippen molar-refractivity contribution in [1.82, 2.24) is 0 Å². The van der Waals surface area contributed by atoms with Gasteiger partial charge in [-0.1, -0.05) is 6.58 Å². The number of rotatable bonds is 4. The number of hydrogen-bond donors (Lipinski definition) is 1. The minimum atomic E-state index is -1.41. The van der Waals surface area contributed by atoms with E-state index in [2.05, 4.69) is 11.3 Å². The summed E-state index contributed by atoms with van der Waals surface area (Å²) in [6.07, 6.45) is 0. The first-order chi connectivity index (χ1) is 5.80. The number of carbonyl (C=O) groups is 2. The summed E-state index contributed by atoms with van der Waals surface area (Å²) in [6.45, 7) is 6.02. The minimum absolute atomic E-state index is 0.620.